The van der Waals surface area contributed by atoms with E-state index in [0.29, 0.717) is 16.9 Å². The van der Waals surface area contributed by atoms with E-state index in [0.717, 1.165) is 26.9 Å². The molecule has 0 aromatic heterocycles. The maximum Gasteiger partial charge on any atom is 0.258 e. The molecule has 3 aromatic rings. The second-order valence-corrected chi connectivity index (χ2v) is 7.72. The van der Waals surface area contributed by atoms with E-state index < -0.39 is 23.6 Å². The molecule has 35 heavy (non-hydrogen) atoms. The first-order valence-corrected chi connectivity index (χ1v) is 10.6. The van der Waals surface area contributed by atoms with Crippen molar-refractivity contribution in [3.05, 3.63) is 103 Å². The SMILES string of the molecule is N#Cc1ccc(N(c2ccc(N3C(=O)C=CC3=O)cc2)c2ccc(N3C(=O)C=CC3=O)cc2)cc1. The average molecular weight is 460 g/mol. The average Bonchev–Trinajstić information content (AvgIpc) is 3.40. The molecule has 0 spiro atoms. The third-order valence-corrected chi connectivity index (χ3v) is 5.61. The second kappa shape index (κ2) is 8.57. The Morgan fingerprint density at radius 1 is 0.514 bits per heavy atom. The number of carbonyl (C=O) groups is 4. The lowest BCUT2D eigenvalue weighted by Gasteiger charge is -2.26. The number of rotatable bonds is 5. The minimum absolute atomic E-state index is 0.400. The lowest BCUT2D eigenvalue weighted by Crippen LogP contribution is -2.29. The van der Waals surface area contributed by atoms with E-state index in [-0.39, 0.29) is 0 Å². The molecule has 0 saturated carbocycles. The highest BCUT2D eigenvalue weighted by molar-refractivity contribution is 6.28. The standard InChI is InChI=1S/C27H16N4O4/c28-17-18-1-3-19(4-2-18)29(20-5-9-22(10-6-20)30-24(32)13-14-25(30)33)21-7-11-23(12-8-21)31-26(34)15-16-27(31)35/h1-16H. The number of amides is 4. The number of hydrogen-bond donors (Lipinski definition) is 0. The van der Waals surface area contributed by atoms with Gasteiger partial charge in [0.15, 0.2) is 0 Å². The highest BCUT2D eigenvalue weighted by atomic mass is 16.2. The Hall–Kier alpha value is -5.29. The number of anilines is 5. The van der Waals surface area contributed by atoms with E-state index in [9.17, 15) is 19.2 Å². The van der Waals surface area contributed by atoms with Crippen LogP contribution in [-0.4, -0.2) is 23.6 Å². The summed E-state index contributed by atoms with van der Waals surface area (Å²) in [4.78, 5) is 52.2. The van der Waals surface area contributed by atoms with Gasteiger partial charge in [-0.1, -0.05) is 0 Å². The molecular formula is C27H16N4O4. The van der Waals surface area contributed by atoms with Crippen LogP contribution < -0.4 is 14.7 Å². The van der Waals surface area contributed by atoms with Crippen molar-refractivity contribution >= 4 is 52.1 Å². The molecule has 0 radical (unpaired) electrons. The summed E-state index contributed by atoms with van der Waals surface area (Å²) in [5, 5.41) is 9.16. The Kier molecular flexibility index (Phi) is 5.28. The minimum atomic E-state index is -0.400. The molecule has 2 heterocycles. The third kappa shape index (κ3) is 3.87. The van der Waals surface area contributed by atoms with Crippen molar-refractivity contribution in [3.8, 4) is 6.07 Å². The zero-order valence-electron chi connectivity index (χ0n) is 18.2. The van der Waals surface area contributed by atoms with Crippen molar-refractivity contribution in [1.82, 2.24) is 0 Å². The summed E-state index contributed by atoms with van der Waals surface area (Å²) in [5.41, 5.74) is 3.62. The first kappa shape index (κ1) is 21.6. The van der Waals surface area contributed by atoms with Gasteiger partial charge in [-0.2, -0.15) is 5.26 Å². The third-order valence-electron chi connectivity index (χ3n) is 5.61. The van der Waals surface area contributed by atoms with Gasteiger partial charge in [0.05, 0.1) is 23.0 Å². The molecule has 0 atom stereocenters. The highest BCUT2D eigenvalue weighted by Crippen LogP contribution is 2.37. The smallest absolute Gasteiger partial charge is 0.258 e. The fourth-order valence-corrected chi connectivity index (χ4v) is 3.94. The van der Waals surface area contributed by atoms with Crippen molar-refractivity contribution in [2.75, 3.05) is 14.7 Å². The molecule has 0 unspecified atom stereocenters. The molecule has 5 rings (SSSR count). The second-order valence-electron chi connectivity index (χ2n) is 7.72. The number of hydrogen-bond acceptors (Lipinski definition) is 6. The van der Waals surface area contributed by atoms with Crippen molar-refractivity contribution in [2.45, 2.75) is 0 Å². The molecule has 8 nitrogen and oxygen atoms in total. The van der Waals surface area contributed by atoms with Gasteiger partial charge in [-0.05, 0) is 72.8 Å². The summed E-state index contributed by atoms with van der Waals surface area (Å²) in [6.45, 7) is 0. The van der Waals surface area contributed by atoms with Gasteiger partial charge in [0.2, 0.25) is 0 Å². The molecule has 0 bridgehead atoms. The number of benzene rings is 3. The Bertz CT molecular complexity index is 1340. The first-order valence-electron chi connectivity index (χ1n) is 10.6. The molecular weight excluding hydrogens is 444 g/mol. The molecule has 3 aromatic carbocycles. The van der Waals surface area contributed by atoms with Gasteiger partial charge in [0.1, 0.15) is 0 Å². The predicted molar refractivity (Wildman–Crippen MR) is 129 cm³/mol. The lowest BCUT2D eigenvalue weighted by molar-refractivity contribution is -0.121. The zero-order valence-corrected chi connectivity index (χ0v) is 18.2. The lowest BCUT2D eigenvalue weighted by atomic mass is 10.1. The Morgan fingerprint density at radius 2 is 0.829 bits per heavy atom. The van der Waals surface area contributed by atoms with E-state index in [1.165, 1.54) is 24.3 Å². The van der Waals surface area contributed by atoms with Crippen LogP contribution in [0.1, 0.15) is 5.56 Å². The van der Waals surface area contributed by atoms with Crippen LogP contribution in [-0.2, 0) is 19.2 Å². The van der Waals surface area contributed by atoms with Crippen molar-refractivity contribution in [1.29, 1.82) is 5.26 Å². The summed E-state index contributed by atoms with van der Waals surface area (Å²) >= 11 is 0. The van der Waals surface area contributed by atoms with Gasteiger partial charge < -0.3 is 4.90 Å². The minimum Gasteiger partial charge on any atom is -0.310 e. The molecule has 0 N–H and O–H groups in total. The van der Waals surface area contributed by atoms with Gasteiger partial charge in [-0.25, -0.2) is 9.80 Å². The highest BCUT2D eigenvalue weighted by Gasteiger charge is 2.26. The van der Waals surface area contributed by atoms with Gasteiger partial charge in [-0.15, -0.1) is 0 Å². The van der Waals surface area contributed by atoms with Crippen molar-refractivity contribution in [2.24, 2.45) is 0 Å². The molecule has 0 saturated heterocycles. The fourth-order valence-electron chi connectivity index (χ4n) is 3.94. The van der Waals surface area contributed by atoms with Crippen LogP contribution in [0.4, 0.5) is 28.4 Å². The summed E-state index contributed by atoms with van der Waals surface area (Å²) in [6, 6.07) is 22.9. The molecule has 0 aliphatic carbocycles. The Balaban J connectivity index is 1.52. The van der Waals surface area contributed by atoms with E-state index in [2.05, 4.69) is 6.07 Å². The normalized spacial score (nSPS) is 14.7. The number of carbonyl (C=O) groups excluding carboxylic acids is 4. The summed E-state index contributed by atoms with van der Waals surface area (Å²) in [6.07, 6.45) is 4.91. The van der Waals surface area contributed by atoms with E-state index >= 15 is 0 Å². The Morgan fingerprint density at radius 3 is 1.14 bits per heavy atom. The monoisotopic (exact) mass is 460 g/mol. The van der Waals surface area contributed by atoms with E-state index in [1.807, 2.05) is 4.90 Å². The maximum atomic E-state index is 12.0. The topological polar surface area (TPSA) is 102 Å². The van der Waals surface area contributed by atoms with Gasteiger partial charge in [0, 0.05) is 41.4 Å². The molecule has 168 valence electrons. The van der Waals surface area contributed by atoms with Crippen LogP contribution in [0.2, 0.25) is 0 Å². The molecule has 8 heteroatoms. The van der Waals surface area contributed by atoms with Crippen molar-refractivity contribution < 1.29 is 19.2 Å². The number of imide groups is 2. The maximum absolute atomic E-state index is 12.0. The van der Waals surface area contributed by atoms with Crippen LogP contribution >= 0.6 is 0 Å². The van der Waals surface area contributed by atoms with Crippen LogP contribution in [0, 0.1) is 11.3 Å². The first-order chi connectivity index (χ1) is 17.0. The number of nitrogens with zero attached hydrogens (tertiary/aromatic N) is 4. The number of nitriles is 1. The largest absolute Gasteiger partial charge is 0.310 e. The molecule has 2 aliphatic rings. The molecule has 4 amide bonds. The van der Waals surface area contributed by atoms with Gasteiger partial charge >= 0.3 is 0 Å². The summed E-state index contributed by atoms with van der Waals surface area (Å²) in [7, 11) is 0. The molecule has 2 aliphatic heterocycles. The fraction of sp³-hybridized carbons (Fsp3) is 0. The van der Waals surface area contributed by atoms with Crippen LogP contribution in [0.5, 0.6) is 0 Å². The van der Waals surface area contributed by atoms with E-state index in [4.69, 9.17) is 5.26 Å². The summed E-state index contributed by atoms with van der Waals surface area (Å²) in [5.74, 6) is -1.60. The Labute approximate surface area is 200 Å². The van der Waals surface area contributed by atoms with E-state index in [1.54, 1.807) is 72.8 Å². The quantitative estimate of drug-likeness (QED) is 0.536. The van der Waals surface area contributed by atoms with Crippen LogP contribution in [0.3, 0.4) is 0 Å². The zero-order chi connectivity index (χ0) is 24.5. The van der Waals surface area contributed by atoms with Gasteiger partial charge in [-0.3, -0.25) is 19.2 Å². The predicted octanol–water partition coefficient (Wildman–Crippen LogP) is 3.89. The summed E-state index contributed by atoms with van der Waals surface area (Å²) < 4.78 is 0. The molecule has 0 fully saturated rings. The van der Waals surface area contributed by atoms with Gasteiger partial charge in [0.25, 0.3) is 23.6 Å². The van der Waals surface area contributed by atoms with Crippen LogP contribution in [0.15, 0.2) is 97.1 Å². The van der Waals surface area contributed by atoms with Crippen LogP contribution in [0.25, 0.3) is 0 Å². The van der Waals surface area contributed by atoms with Crippen molar-refractivity contribution in [3.63, 3.8) is 0 Å².